The molecule has 3 aliphatic heterocycles. The van der Waals surface area contributed by atoms with Gasteiger partial charge in [-0.15, -0.1) is 0 Å². The van der Waals surface area contributed by atoms with E-state index in [-0.39, 0.29) is 34.0 Å². The standard InChI is InChI=1S/C20H24N10O10P2S2/c21-15-9-17(25-3-23-15)29(5-27-9)19-11(31)13-7(37-19)1-35-41(33,43)40-14-8(2-36-42(34,44)39-13)38-20(12(14)32)30-6-28-10-16(22)24-4-26-18(10)30/h3-8,11-14,19-20,31-32H,1-2H2,(H,33,43)(H,34,44)(H2,21,23,25)(H2,22,24,26)/t7-,8-,11?,12?,13+,14+,19-,20-,41?,42?/m1/s1. The lowest BCUT2D eigenvalue weighted by atomic mass is 10.1. The van der Waals surface area contributed by atoms with Crippen LogP contribution in [0.25, 0.3) is 22.3 Å². The predicted octanol–water partition coefficient (Wildman–Crippen LogP) is -1.40. The number of aliphatic hydroxyl groups excluding tert-OH is 2. The van der Waals surface area contributed by atoms with Crippen LogP contribution in [0.4, 0.5) is 11.6 Å². The first kappa shape index (κ1) is 30.3. The van der Waals surface area contributed by atoms with E-state index in [1.54, 1.807) is 0 Å². The van der Waals surface area contributed by atoms with Gasteiger partial charge in [0.15, 0.2) is 35.4 Å². The second-order valence-corrected chi connectivity index (χ2v) is 15.5. The van der Waals surface area contributed by atoms with Gasteiger partial charge in [-0.2, -0.15) is 0 Å². The summed E-state index contributed by atoms with van der Waals surface area (Å²) in [5, 5.41) is 22.5. The summed E-state index contributed by atoms with van der Waals surface area (Å²) in [4.78, 5) is 46.5. The fraction of sp³-hybridized carbons (Fsp3) is 0.500. The minimum atomic E-state index is -4.12. The molecule has 7 heterocycles. The first-order valence-electron chi connectivity index (χ1n) is 12.8. The van der Waals surface area contributed by atoms with Crippen LogP contribution in [0.5, 0.6) is 0 Å². The Kier molecular flexibility index (Phi) is 7.66. The third-order valence-corrected chi connectivity index (χ3v) is 10.4. The molecule has 3 aliphatic rings. The summed E-state index contributed by atoms with van der Waals surface area (Å²) in [6.07, 6.45) is -5.13. The van der Waals surface area contributed by atoms with Crippen molar-refractivity contribution in [1.82, 2.24) is 39.0 Å². The quantitative estimate of drug-likeness (QED) is 0.132. The Bertz CT molecular complexity index is 1700. The molecule has 0 spiro atoms. The van der Waals surface area contributed by atoms with E-state index < -0.39 is 75.7 Å². The van der Waals surface area contributed by atoms with Gasteiger partial charge in [-0.1, -0.05) is 0 Å². The molecule has 4 aromatic heterocycles. The molecular formula is C20H24N10O10P2S2. The summed E-state index contributed by atoms with van der Waals surface area (Å²) in [6.45, 7) is -9.20. The summed E-state index contributed by atoms with van der Waals surface area (Å²) in [6, 6.07) is 0. The Balaban J connectivity index is 1.17. The summed E-state index contributed by atoms with van der Waals surface area (Å²) >= 11 is 10.5. The molecule has 3 fully saturated rings. The number of imidazole rings is 2. The largest absolute Gasteiger partial charge is 0.386 e. The minimum Gasteiger partial charge on any atom is -0.386 e. The number of rotatable bonds is 2. The van der Waals surface area contributed by atoms with Gasteiger partial charge < -0.3 is 50.0 Å². The highest BCUT2D eigenvalue weighted by Crippen LogP contribution is 2.54. The van der Waals surface area contributed by atoms with Crippen molar-refractivity contribution in [2.75, 3.05) is 24.7 Å². The highest BCUT2D eigenvalue weighted by Gasteiger charge is 2.52. The average molecular weight is 691 g/mol. The second kappa shape index (κ2) is 11.1. The number of fused-ring (bicyclic) bond motifs is 4. The molecular weight excluding hydrogens is 666 g/mol. The van der Waals surface area contributed by atoms with Crippen molar-refractivity contribution in [2.45, 2.75) is 49.1 Å². The zero-order valence-electron chi connectivity index (χ0n) is 22.0. The molecule has 3 saturated heterocycles. The number of hydrogen-bond acceptors (Lipinski definition) is 18. The van der Waals surface area contributed by atoms with Crippen LogP contribution >= 0.6 is 13.4 Å². The van der Waals surface area contributed by atoms with Gasteiger partial charge in [0.25, 0.3) is 0 Å². The number of ether oxygens (including phenoxy) is 2. The summed E-state index contributed by atoms with van der Waals surface area (Å²) in [5.41, 5.74) is 12.8. The van der Waals surface area contributed by atoms with Crippen molar-refractivity contribution in [2.24, 2.45) is 0 Å². The topological polar surface area (TPSA) is 276 Å². The van der Waals surface area contributed by atoms with Gasteiger partial charge >= 0.3 is 13.4 Å². The highest BCUT2D eigenvalue weighted by atomic mass is 32.5. The van der Waals surface area contributed by atoms with Gasteiger partial charge in [0.05, 0.1) is 25.9 Å². The third kappa shape index (κ3) is 5.29. The molecule has 0 aromatic carbocycles. The average Bonchev–Trinajstić information content (AvgIpc) is 3.73. The SMILES string of the molecule is Nc1ncnc2c1ncn2[C@@H]1O[C@@H]2COP(O)(=S)O[C@@H]3C(O)[C@H](n4cnc5c(N)ncnc54)O[C@@H]3COP(O)(=S)O[C@@H]2C1O. The lowest BCUT2D eigenvalue weighted by Gasteiger charge is -2.30. The van der Waals surface area contributed by atoms with E-state index in [2.05, 4.69) is 29.9 Å². The Morgan fingerprint density at radius 1 is 0.705 bits per heavy atom. The van der Waals surface area contributed by atoms with Crippen LogP contribution in [0.2, 0.25) is 0 Å². The maximum atomic E-state index is 11.3. The summed E-state index contributed by atoms with van der Waals surface area (Å²) in [5.74, 6) is 0.223. The molecule has 44 heavy (non-hydrogen) atoms. The lowest BCUT2D eigenvalue weighted by Crippen LogP contribution is -2.39. The molecule has 0 bridgehead atoms. The van der Waals surface area contributed by atoms with E-state index in [0.29, 0.717) is 0 Å². The number of aromatic nitrogens is 8. The Morgan fingerprint density at radius 3 is 1.52 bits per heavy atom. The third-order valence-electron chi connectivity index (χ3n) is 7.26. The minimum absolute atomic E-state index is 0.112. The molecule has 10 atom stereocenters. The molecule has 4 aromatic rings. The van der Waals surface area contributed by atoms with Gasteiger partial charge in [0.2, 0.25) is 0 Å². The maximum absolute atomic E-state index is 11.3. The normalized spacial score (nSPS) is 38.3. The van der Waals surface area contributed by atoms with E-state index in [0.717, 1.165) is 0 Å². The molecule has 20 nitrogen and oxygen atoms in total. The molecule has 7 rings (SSSR count). The first-order valence-corrected chi connectivity index (χ1v) is 17.9. The van der Waals surface area contributed by atoms with E-state index in [1.807, 2.05) is 0 Å². The van der Waals surface area contributed by atoms with Crippen molar-refractivity contribution < 1.29 is 47.6 Å². The Morgan fingerprint density at radius 2 is 1.11 bits per heavy atom. The van der Waals surface area contributed by atoms with Crippen LogP contribution in [0.15, 0.2) is 25.3 Å². The van der Waals surface area contributed by atoms with E-state index >= 15 is 0 Å². The first-order chi connectivity index (χ1) is 20.9. The maximum Gasteiger partial charge on any atom is 0.325 e. The zero-order chi connectivity index (χ0) is 31.0. The van der Waals surface area contributed by atoms with Crippen LogP contribution in [-0.2, 0) is 51.2 Å². The molecule has 0 saturated carbocycles. The van der Waals surface area contributed by atoms with Gasteiger partial charge in [0, 0.05) is 0 Å². The van der Waals surface area contributed by atoms with Crippen molar-refractivity contribution in [3.05, 3.63) is 25.3 Å². The molecule has 24 heteroatoms. The van der Waals surface area contributed by atoms with Crippen LogP contribution in [0, 0.1) is 0 Å². The van der Waals surface area contributed by atoms with E-state index in [1.165, 1.54) is 34.4 Å². The van der Waals surface area contributed by atoms with Crippen molar-refractivity contribution in [3.63, 3.8) is 0 Å². The molecule has 8 N–H and O–H groups in total. The van der Waals surface area contributed by atoms with Gasteiger partial charge in [-0.25, -0.2) is 29.9 Å². The fourth-order valence-electron chi connectivity index (χ4n) is 5.24. The lowest BCUT2D eigenvalue weighted by molar-refractivity contribution is -0.0593. The van der Waals surface area contributed by atoms with Gasteiger partial charge in [0.1, 0.15) is 60.3 Å². The van der Waals surface area contributed by atoms with Crippen molar-refractivity contribution in [1.29, 1.82) is 0 Å². The Hall–Kier alpha value is -2.40. The number of anilines is 2. The van der Waals surface area contributed by atoms with Crippen LogP contribution in [0.3, 0.4) is 0 Å². The zero-order valence-corrected chi connectivity index (χ0v) is 25.4. The van der Waals surface area contributed by atoms with E-state index in [4.69, 9.17) is 62.6 Å². The smallest absolute Gasteiger partial charge is 0.325 e. The van der Waals surface area contributed by atoms with Crippen LogP contribution in [0.1, 0.15) is 12.5 Å². The molecule has 236 valence electrons. The number of nitrogen functional groups attached to an aromatic ring is 2. The number of hydrogen-bond donors (Lipinski definition) is 6. The molecule has 0 radical (unpaired) electrons. The molecule has 0 aliphatic carbocycles. The van der Waals surface area contributed by atoms with E-state index in [9.17, 15) is 20.0 Å². The van der Waals surface area contributed by atoms with Crippen LogP contribution < -0.4 is 11.5 Å². The number of nitrogens with zero attached hydrogens (tertiary/aromatic N) is 8. The number of nitrogens with two attached hydrogens (primary N) is 2. The number of aliphatic hydroxyl groups is 2. The van der Waals surface area contributed by atoms with Crippen LogP contribution in [-0.4, -0.2) is 109 Å². The predicted molar refractivity (Wildman–Crippen MR) is 154 cm³/mol. The second-order valence-electron chi connectivity index (χ2n) is 9.95. The van der Waals surface area contributed by atoms with Crippen molar-refractivity contribution in [3.8, 4) is 0 Å². The van der Waals surface area contributed by atoms with Crippen molar-refractivity contribution >= 4 is 71.0 Å². The molecule has 4 unspecified atom stereocenters. The van der Waals surface area contributed by atoms with Gasteiger partial charge in [-0.3, -0.25) is 18.2 Å². The fourth-order valence-corrected chi connectivity index (χ4v) is 8.13. The highest BCUT2D eigenvalue weighted by molar-refractivity contribution is 8.07. The molecule has 0 amide bonds. The summed E-state index contributed by atoms with van der Waals surface area (Å²) in [7, 11) is 0. The van der Waals surface area contributed by atoms with Gasteiger partial charge in [-0.05, 0) is 23.6 Å². The summed E-state index contributed by atoms with van der Waals surface area (Å²) < 4.78 is 37.4. The Labute approximate surface area is 256 Å². The monoisotopic (exact) mass is 690 g/mol.